The maximum atomic E-state index is 5.57. The molecule has 0 aliphatic rings. The number of nitrogens with zero attached hydrogens (tertiary/aromatic N) is 4. The van der Waals surface area contributed by atoms with E-state index in [1.807, 2.05) is 20.0 Å². The van der Waals surface area contributed by atoms with E-state index in [9.17, 15) is 0 Å². The topological polar surface area (TPSA) is 64.9 Å². The fourth-order valence-electron chi connectivity index (χ4n) is 1.33. The molecule has 2 aromatic rings. The first-order chi connectivity index (χ1) is 8.31. The molecule has 0 amide bonds. The molecule has 0 radical (unpaired) electrons. The normalized spacial score (nSPS) is 10.2. The van der Waals surface area contributed by atoms with Gasteiger partial charge in [-0.15, -0.1) is 0 Å². The van der Waals surface area contributed by atoms with E-state index in [-0.39, 0.29) is 0 Å². The average Bonchev–Trinajstić information content (AvgIpc) is 2.78. The van der Waals surface area contributed by atoms with Crippen molar-refractivity contribution in [3.63, 3.8) is 0 Å². The molecule has 1 N–H and O–H groups in total. The molecule has 17 heavy (non-hydrogen) atoms. The molecule has 0 unspecified atom stereocenters. The lowest BCUT2D eigenvalue weighted by atomic mass is 10.6. The van der Waals surface area contributed by atoms with Crippen molar-refractivity contribution in [3.8, 4) is 11.6 Å². The molecule has 6 nitrogen and oxygen atoms in total. The van der Waals surface area contributed by atoms with Crippen LogP contribution in [0.15, 0.2) is 24.7 Å². The molecule has 6 heteroatoms. The van der Waals surface area contributed by atoms with Gasteiger partial charge in [0.2, 0.25) is 11.8 Å². The minimum absolute atomic E-state index is 0.506. The molecule has 0 fully saturated rings. The monoisotopic (exact) mass is 233 g/mol. The van der Waals surface area contributed by atoms with Gasteiger partial charge in [-0.1, -0.05) is 0 Å². The van der Waals surface area contributed by atoms with Crippen molar-refractivity contribution in [1.29, 1.82) is 0 Å². The van der Waals surface area contributed by atoms with Crippen molar-refractivity contribution in [3.05, 3.63) is 24.7 Å². The number of aromatic nitrogens is 4. The molecule has 0 spiro atoms. The Kier molecular flexibility index (Phi) is 3.54. The Bertz CT molecular complexity index is 482. The van der Waals surface area contributed by atoms with Gasteiger partial charge >= 0.3 is 0 Å². The van der Waals surface area contributed by atoms with E-state index in [1.165, 1.54) is 0 Å². The van der Waals surface area contributed by atoms with Crippen LogP contribution in [0.25, 0.3) is 0 Å². The number of nitrogens with one attached hydrogen (secondary N) is 1. The summed E-state index contributed by atoms with van der Waals surface area (Å²) in [5.74, 6) is 1.74. The Morgan fingerprint density at radius 2 is 2.29 bits per heavy atom. The van der Waals surface area contributed by atoms with Gasteiger partial charge in [0.15, 0.2) is 5.75 Å². The number of hydrogen-bond acceptors (Lipinski definition) is 5. The summed E-state index contributed by atoms with van der Waals surface area (Å²) in [7, 11) is 0. The van der Waals surface area contributed by atoms with Crippen molar-refractivity contribution < 1.29 is 4.74 Å². The van der Waals surface area contributed by atoms with Crippen molar-refractivity contribution in [2.75, 3.05) is 11.9 Å². The fourth-order valence-corrected chi connectivity index (χ4v) is 1.33. The van der Waals surface area contributed by atoms with Crippen LogP contribution in [-0.4, -0.2) is 26.3 Å². The first-order valence-corrected chi connectivity index (χ1v) is 5.59. The molecule has 0 saturated heterocycles. The van der Waals surface area contributed by atoms with E-state index in [4.69, 9.17) is 4.74 Å². The van der Waals surface area contributed by atoms with Gasteiger partial charge in [-0.2, -0.15) is 10.1 Å². The van der Waals surface area contributed by atoms with Crippen LogP contribution in [0.5, 0.6) is 11.6 Å². The zero-order valence-corrected chi connectivity index (χ0v) is 9.92. The third kappa shape index (κ3) is 2.93. The average molecular weight is 233 g/mol. The largest absolute Gasteiger partial charge is 0.436 e. The Morgan fingerprint density at radius 1 is 1.41 bits per heavy atom. The van der Waals surface area contributed by atoms with Crippen molar-refractivity contribution in [2.45, 2.75) is 20.4 Å². The Morgan fingerprint density at radius 3 is 3.00 bits per heavy atom. The van der Waals surface area contributed by atoms with E-state index >= 15 is 0 Å². The third-order valence-electron chi connectivity index (χ3n) is 2.12. The highest BCUT2D eigenvalue weighted by molar-refractivity contribution is 5.29. The van der Waals surface area contributed by atoms with Gasteiger partial charge in [0, 0.05) is 25.4 Å². The molecular weight excluding hydrogens is 218 g/mol. The summed E-state index contributed by atoms with van der Waals surface area (Å²) in [5.41, 5.74) is 0. The predicted molar refractivity (Wildman–Crippen MR) is 64.2 cm³/mol. The zero-order chi connectivity index (χ0) is 12.1. The summed E-state index contributed by atoms with van der Waals surface area (Å²) in [4.78, 5) is 8.28. The second-order valence-electron chi connectivity index (χ2n) is 3.38. The second kappa shape index (κ2) is 5.29. The number of rotatable bonds is 5. The molecule has 0 aliphatic heterocycles. The third-order valence-corrected chi connectivity index (χ3v) is 2.12. The molecule has 2 aromatic heterocycles. The molecule has 0 aromatic carbocycles. The lowest BCUT2D eigenvalue weighted by Crippen LogP contribution is -2.02. The fraction of sp³-hybridized carbons (Fsp3) is 0.364. The molecule has 0 aliphatic carbocycles. The smallest absolute Gasteiger partial charge is 0.225 e. The van der Waals surface area contributed by atoms with E-state index in [0.717, 1.165) is 13.1 Å². The van der Waals surface area contributed by atoms with E-state index in [0.29, 0.717) is 17.6 Å². The van der Waals surface area contributed by atoms with Crippen LogP contribution < -0.4 is 10.1 Å². The maximum absolute atomic E-state index is 5.57. The summed E-state index contributed by atoms with van der Waals surface area (Å²) < 4.78 is 7.37. The van der Waals surface area contributed by atoms with Crippen molar-refractivity contribution in [2.24, 2.45) is 0 Å². The number of hydrogen-bond donors (Lipinski definition) is 1. The van der Waals surface area contributed by atoms with Gasteiger partial charge in [0.1, 0.15) is 0 Å². The number of ether oxygens (including phenoxy) is 1. The van der Waals surface area contributed by atoms with Crippen molar-refractivity contribution in [1.82, 2.24) is 19.7 Å². The molecule has 2 rings (SSSR count). The van der Waals surface area contributed by atoms with E-state index in [2.05, 4.69) is 20.4 Å². The minimum atomic E-state index is 0.506. The van der Waals surface area contributed by atoms with E-state index in [1.54, 1.807) is 23.1 Å². The Hall–Kier alpha value is -2.11. The summed E-state index contributed by atoms with van der Waals surface area (Å²) in [5, 5.41) is 7.15. The highest BCUT2D eigenvalue weighted by Gasteiger charge is 2.03. The quantitative estimate of drug-likeness (QED) is 0.854. The standard InChI is InChI=1S/C11H15N5O/c1-3-12-11-13-6-5-10(15-11)17-9-7-14-16(4-2)8-9/h5-8H,3-4H2,1-2H3,(H,12,13,15). The van der Waals surface area contributed by atoms with Gasteiger partial charge in [-0.05, 0) is 13.8 Å². The second-order valence-corrected chi connectivity index (χ2v) is 3.38. The summed E-state index contributed by atoms with van der Waals surface area (Å²) in [6.07, 6.45) is 5.15. The summed E-state index contributed by atoms with van der Waals surface area (Å²) in [6, 6.07) is 1.71. The van der Waals surface area contributed by atoms with Gasteiger partial charge in [0.25, 0.3) is 0 Å². The highest BCUT2D eigenvalue weighted by Crippen LogP contribution is 2.18. The molecular formula is C11H15N5O. The number of aryl methyl sites for hydroxylation is 1. The van der Waals surface area contributed by atoms with Gasteiger partial charge < -0.3 is 10.1 Å². The predicted octanol–water partition coefficient (Wildman–Crippen LogP) is 1.92. The van der Waals surface area contributed by atoms with Crippen LogP contribution >= 0.6 is 0 Å². The Balaban J connectivity index is 2.09. The van der Waals surface area contributed by atoms with Crippen LogP contribution in [0, 0.1) is 0 Å². The molecule has 90 valence electrons. The van der Waals surface area contributed by atoms with Crippen LogP contribution in [0.2, 0.25) is 0 Å². The van der Waals surface area contributed by atoms with Gasteiger partial charge in [-0.3, -0.25) is 4.68 Å². The van der Waals surface area contributed by atoms with Crippen LogP contribution in [-0.2, 0) is 6.54 Å². The van der Waals surface area contributed by atoms with Gasteiger partial charge in [-0.25, -0.2) is 4.98 Å². The Labute approximate surface area is 99.7 Å². The summed E-state index contributed by atoms with van der Waals surface area (Å²) >= 11 is 0. The van der Waals surface area contributed by atoms with Crippen LogP contribution in [0.1, 0.15) is 13.8 Å². The first kappa shape index (κ1) is 11.4. The minimum Gasteiger partial charge on any atom is -0.436 e. The van der Waals surface area contributed by atoms with E-state index < -0.39 is 0 Å². The lowest BCUT2D eigenvalue weighted by Gasteiger charge is -2.04. The first-order valence-electron chi connectivity index (χ1n) is 5.59. The van der Waals surface area contributed by atoms with Crippen molar-refractivity contribution >= 4 is 5.95 Å². The van der Waals surface area contributed by atoms with Crippen LogP contribution in [0.3, 0.4) is 0 Å². The molecule has 0 saturated carbocycles. The summed E-state index contributed by atoms with van der Waals surface area (Å²) in [6.45, 7) is 5.60. The lowest BCUT2D eigenvalue weighted by molar-refractivity contribution is 0.461. The van der Waals surface area contributed by atoms with Crippen LogP contribution in [0.4, 0.5) is 5.95 Å². The molecule has 0 bridgehead atoms. The van der Waals surface area contributed by atoms with Gasteiger partial charge in [0.05, 0.1) is 12.4 Å². The highest BCUT2D eigenvalue weighted by atomic mass is 16.5. The number of anilines is 1. The zero-order valence-electron chi connectivity index (χ0n) is 9.92. The SMILES string of the molecule is CCNc1nccc(Oc2cnn(CC)c2)n1. The maximum Gasteiger partial charge on any atom is 0.225 e. The molecule has 2 heterocycles. The molecule has 0 atom stereocenters.